The van der Waals surface area contributed by atoms with Crippen LogP contribution in [-0.2, 0) is 16.0 Å². The first-order valence-electron chi connectivity index (χ1n) is 5.35. The minimum absolute atomic E-state index is 0.237. The molecule has 1 amide bonds. The van der Waals surface area contributed by atoms with Crippen LogP contribution in [0.25, 0.3) is 0 Å². The van der Waals surface area contributed by atoms with Crippen LogP contribution in [0.1, 0.15) is 12.0 Å². The number of rotatable bonds is 6. The van der Waals surface area contributed by atoms with Gasteiger partial charge in [-0.05, 0) is 17.7 Å². The van der Waals surface area contributed by atoms with Gasteiger partial charge < -0.3 is 10.4 Å². The van der Waals surface area contributed by atoms with Gasteiger partial charge in [0.25, 0.3) is 0 Å². The molecule has 0 spiro atoms. The molecule has 0 saturated carbocycles. The maximum atomic E-state index is 11.4. The molecule has 0 aliphatic rings. The van der Waals surface area contributed by atoms with Gasteiger partial charge in [0.2, 0.25) is 5.91 Å². The molecule has 0 heterocycles. The molecule has 0 aromatic heterocycles. The second-order valence-corrected chi connectivity index (χ2v) is 4.96. The summed E-state index contributed by atoms with van der Waals surface area (Å²) < 4.78 is 0. The molecule has 6 heteroatoms. The fraction of sp³-hybridized carbons (Fsp3) is 0.333. The Bertz CT molecular complexity index is 422. The maximum Gasteiger partial charge on any atom is 0.326 e. The molecule has 2 N–H and O–H groups in total. The molecule has 1 aromatic carbocycles. The van der Waals surface area contributed by atoms with Crippen LogP contribution in [0.15, 0.2) is 24.3 Å². The highest BCUT2D eigenvalue weighted by Crippen LogP contribution is 2.11. The third-order valence-electron chi connectivity index (χ3n) is 2.31. The first-order valence-corrected chi connectivity index (χ1v) is 6.85. The normalized spacial score (nSPS) is 11.9. The largest absolute Gasteiger partial charge is 0.480 e. The highest BCUT2D eigenvalue weighted by Gasteiger charge is 2.19. The lowest BCUT2D eigenvalue weighted by Crippen LogP contribution is -2.42. The molecule has 0 unspecified atom stereocenters. The van der Waals surface area contributed by atoms with E-state index in [-0.39, 0.29) is 18.7 Å². The molecule has 0 aliphatic heterocycles. The van der Waals surface area contributed by atoms with E-state index in [0.29, 0.717) is 10.4 Å². The van der Waals surface area contributed by atoms with Crippen molar-refractivity contribution in [1.29, 1.82) is 0 Å². The van der Waals surface area contributed by atoms with Crippen LogP contribution >= 0.6 is 27.5 Å². The Morgan fingerprint density at radius 2 is 1.94 bits per heavy atom. The molecule has 0 fully saturated rings. The Morgan fingerprint density at radius 1 is 1.33 bits per heavy atom. The zero-order valence-electron chi connectivity index (χ0n) is 9.53. The van der Waals surface area contributed by atoms with Gasteiger partial charge in [-0.2, -0.15) is 0 Å². The summed E-state index contributed by atoms with van der Waals surface area (Å²) in [6.45, 7) is 0. The smallest absolute Gasteiger partial charge is 0.326 e. The number of hydrogen-bond acceptors (Lipinski definition) is 2. The molecular formula is C12H13BrClNO3. The Hall–Kier alpha value is -1.07. The van der Waals surface area contributed by atoms with E-state index in [4.69, 9.17) is 16.7 Å². The lowest BCUT2D eigenvalue weighted by molar-refractivity contribution is -0.141. The van der Waals surface area contributed by atoms with Crippen molar-refractivity contribution in [1.82, 2.24) is 5.32 Å². The van der Waals surface area contributed by atoms with E-state index in [9.17, 15) is 9.59 Å². The number of carboxylic acids is 1. The summed E-state index contributed by atoms with van der Waals surface area (Å²) >= 11 is 8.87. The number of benzene rings is 1. The van der Waals surface area contributed by atoms with Crippen molar-refractivity contribution in [2.75, 3.05) is 5.33 Å². The number of nitrogens with one attached hydrogen (secondary N) is 1. The first-order chi connectivity index (χ1) is 8.52. The number of carbonyl (C=O) groups excluding carboxylic acids is 1. The molecule has 0 bridgehead atoms. The summed E-state index contributed by atoms with van der Waals surface area (Å²) in [6, 6.07) is 5.95. The maximum absolute atomic E-state index is 11.4. The van der Waals surface area contributed by atoms with Crippen molar-refractivity contribution in [3.05, 3.63) is 34.9 Å². The van der Waals surface area contributed by atoms with E-state index in [1.165, 1.54) is 0 Å². The first kappa shape index (κ1) is 15.0. The lowest BCUT2D eigenvalue weighted by Gasteiger charge is -2.14. The van der Waals surface area contributed by atoms with Gasteiger partial charge >= 0.3 is 5.97 Å². The summed E-state index contributed by atoms with van der Waals surface area (Å²) in [5.74, 6) is -1.33. The third kappa shape index (κ3) is 5.06. The standard InChI is InChI=1S/C12H13BrClNO3/c13-6-5-11(16)15-10(12(17)18)7-8-1-3-9(14)4-2-8/h1-4,10H,5-7H2,(H,15,16)(H,17,18)/t10-/m0/s1. The number of aliphatic carboxylic acids is 1. The number of amides is 1. The Morgan fingerprint density at radius 3 is 2.44 bits per heavy atom. The molecule has 98 valence electrons. The van der Waals surface area contributed by atoms with Gasteiger partial charge in [-0.25, -0.2) is 4.79 Å². The molecule has 1 atom stereocenters. The topological polar surface area (TPSA) is 66.4 Å². The summed E-state index contributed by atoms with van der Waals surface area (Å²) in [7, 11) is 0. The van der Waals surface area contributed by atoms with Gasteiger partial charge in [0, 0.05) is 23.2 Å². The van der Waals surface area contributed by atoms with Crippen molar-refractivity contribution in [2.24, 2.45) is 0 Å². The summed E-state index contributed by atoms with van der Waals surface area (Å²) in [4.78, 5) is 22.4. The van der Waals surface area contributed by atoms with Crippen molar-refractivity contribution in [3.8, 4) is 0 Å². The van der Waals surface area contributed by atoms with E-state index in [0.717, 1.165) is 5.56 Å². The van der Waals surface area contributed by atoms with Gasteiger partial charge in [-0.3, -0.25) is 4.79 Å². The lowest BCUT2D eigenvalue weighted by atomic mass is 10.1. The summed E-state index contributed by atoms with van der Waals surface area (Å²) in [5.41, 5.74) is 0.811. The quantitative estimate of drug-likeness (QED) is 0.784. The zero-order valence-corrected chi connectivity index (χ0v) is 11.9. The SMILES string of the molecule is O=C(CCBr)N[C@@H](Cc1ccc(Cl)cc1)C(=O)O. The van der Waals surface area contributed by atoms with Crippen molar-refractivity contribution in [3.63, 3.8) is 0 Å². The fourth-order valence-electron chi connectivity index (χ4n) is 1.41. The second kappa shape index (κ2) is 7.38. The number of carbonyl (C=O) groups is 2. The highest BCUT2D eigenvalue weighted by molar-refractivity contribution is 9.09. The fourth-order valence-corrected chi connectivity index (χ4v) is 1.89. The number of alkyl halides is 1. The molecule has 1 rings (SSSR count). The van der Waals surface area contributed by atoms with Crippen LogP contribution in [-0.4, -0.2) is 28.4 Å². The van der Waals surface area contributed by atoms with E-state index in [1.54, 1.807) is 24.3 Å². The summed E-state index contributed by atoms with van der Waals surface area (Å²) in [5, 5.41) is 12.6. The van der Waals surface area contributed by atoms with Crippen LogP contribution in [0.5, 0.6) is 0 Å². The van der Waals surface area contributed by atoms with Crippen LogP contribution in [0.4, 0.5) is 0 Å². The predicted octanol–water partition coefficient (Wildman–Crippen LogP) is 2.24. The second-order valence-electron chi connectivity index (χ2n) is 3.73. The number of hydrogen-bond donors (Lipinski definition) is 2. The predicted molar refractivity (Wildman–Crippen MR) is 73.1 cm³/mol. The molecule has 0 aliphatic carbocycles. The van der Waals surface area contributed by atoms with E-state index in [1.807, 2.05) is 0 Å². The third-order valence-corrected chi connectivity index (χ3v) is 2.96. The molecular weight excluding hydrogens is 321 g/mol. The number of halogens is 2. The van der Waals surface area contributed by atoms with E-state index in [2.05, 4.69) is 21.2 Å². The Labute approximate surface area is 118 Å². The van der Waals surface area contributed by atoms with E-state index >= 15 is 0 Å². The van der Waals surface area contributed by atoms with Crippen LogP contribution in [0.3, 0.4) is 0 Å². The molecule has 1 aromatic rings. The van der Waals surface area contributed by atoms with Gasteiger partial charge in [0.05, 0.1) is 0 Å². The minimum atomic E-state index is -1.05. The minimum Gasteiger partial charge on any atom is -0.480 e. The van der Waals surface area contributed by atoms with Gasteiger partial charge in [-0.15, -0.1) is 0 Å². The summed E-state index contributed by atoms with van der Waals surface area (Å²) in [6.07, 6.45) is 0.491. The number of carboxylic acid groups (broad SMARTS) is 1. The van der Waals surface area contributed by atoms with Gasteiger partial charge in [0.15, 0.2) is 0 Å². The average Bonchev–Trinajstić information content (AvgIpc) is 2.31. The molecule has 4 nitrogen and oxygen atoms in total. The monoisotopic (exact) mass is 333 g/mol. The van der Waals surface area contributed by atoms with Crippen LogP contribution in [0, 0.1) is 0 Å². The Kier molecular flexibility index (Phi) is 6.15. The van der Waals surface area contributed by atoms with Gasteiger partial charge in [0.1, 0.15) is 6.04 Å². The molecule has 0 radical (unpaired) electrons. The highest BCUT2D eigenvalue weighted by atomic mass is 79.9. The van der Waals surface area contributed by atoms with Crippen LogP contribution in [0.2, 0.25) is 5.02 Å². The van der Waals surface area contributed by atoms with Crippen molar-refractivity contribution in [2.45, 2.75) is 18.9 Å². The average molecular weight is 335 g/mol. The molecule has 18 heavy (non-hydrogen) atoms. The van der Waals surface area contributed by atoms with E-state index < -0.39 is 12.0 Å². The van der Waals surface area contributed by atoms with Crippen molar-refractivity contribution < 1.29 is 14.7 Å². The van der Waals surface area contributed by atoms with Crippen LogP contribution < -0.4 is 5.32 Å². The Balaban J connectivity index is 2.65. The van der Waals surface area contributed by atoms with Crippen molar-refractivity contribution >= 4 is 39.4 Å². The van der Waals surface area contributed by atoms with Gasteiger partial charge in [-0.1, -0.05) is 39.7 Å². The molecule has 0 saturated heterocycles. The zero-order chi connectivity index (χ0) is 13.5.